The Balaban J connectivity index is 1.62. The van der Waals surface area contributed by atoms with Crippen LogP contribution in [0.25, 0.3) is 11.4 Å². The highest BCUT2D eigenvalue weighted by Crippen LogP contribution is 2.28. The smallest absolute Gasteiger partial charge is 0.161 e. The van der Waals surface area contributed by atoms with Crippen LogP contribution in [0.1, 0.15) is 31.5 Å². The summed E-state index contributed by atoms with van der Waals surface area (Å²) in [7, 11) is 0. The van der Waals surface area contributed by atoms with Gasteiger partial charge < -0.3 is 15.1 Å². The summed E-state index contributed by atoms with van der Waals surface area (Å²) in [5.41, 5.74) is 3.46. The van der Waals surface area contributed by atoms with E-state index in [1.807, 2.05) is 12.1 Å². The van der Waals surface area contributed by atoms with Gasteiger partial charge >= 0.3 is 0 Å². The van der Waals surface area contributed by atoms with E-state index >= 15 is 0 Å². The molecule has 0 spiro atoms. The molecule has 2 aromatic rings. The highest BCUT2D eigenvalue weighted by atomic mass is 15.3. The van der Waals surface area contributed by atoms with Crippen LogP contribution < -0.4 is 10.2 Å². The van der Waals surface area contributed by atoms with Crippen molar-refractivity contribution in [3.63, 3.8) is 0 Å². The van der Waals surface area contributed by atoms with Gasteiger partial charge in [0, 0.05) is 62.8 Å². The van der Waals surface area contributed by atoms with Crippen molar-refractivity contribution >= 4 is 5.82 Å². The number of hydrogen-bond donors (Lipinski definition) is 1. The van der Waals surface area contributed by atoms with Gasteiger partial charge in [0.25, 0.3) is 0 Å². The van der Waals surface area contributed by atoms with Crippen LogP contribution in [0, 0.1) is 5.92 Å². The van der Waals surface area contributed by atoms with E-state index in [2.05, 4.69) is 33.9 Å². The van der Waals surface area contributed by atoms with Gasteiger partial charge in [0.1, 0.15) is 5.82 Å². The standard InChI is InChI=1S/C20H28N6/c1-15(2)14-25-8-3-9-26(11-10-25)20-17-12-22-13-18(17)23-19(24-20)16-4-6-21-7-5-16/h4-7,15,22H,3,8-14H2,1-2H3. The monoisotopic (exact) mass is 352 g/mol. The number of aromatic nitrogens is 3. The molecule has 26 heavy (non-hydrogen) atoms. The van der Waals surface area contributed by atoms with Crippen molar-refractivity contribution in [2.24, 2.45) is 5.92 Å². The lowest BCUT2D eigenvalue weighted by Crippen LogP contribution is -2.33. The summed E-state index contributed by atoms with van der Waals surface area (Å²) in [5.74, 6) is 2.65. The summed E-state index contributed by atoms with van der Waals surface area (Å²) in [6, 6.07) is 3.97. The number of pyridine rings is 1. The third kappa shape index (κ3) is 3.71. The first-order valence-electron chi connectivity index (χ1n) is 9.69. The number of fused-ring (bicyclic) bond motifs is 1. The van der Waals surface area contributed by atoms with Gasteiger partial charge in [-0.1, -0.05) is 13.8 Å². The first kappa shape index (κ1) is 17.4. The Hall–Kier alpha value is -2.05. The van der Waals surface area contributed by atoms with Crippen molar-refractivity contribution in [3.8, 4) is 11.4 Å². The van der Waals surface area contributed by atoms with Crippen molar-refractivity contribution in [2.45, 2.75) is 33.4 Å². The first-order valence-corrected chi connectivity index (χ1v) is 9.69. The molecule has 0 saturated carbocycles. The molecule has 0 radical (unpaired) electrons. The van der Waals surface area contributed by atoms with E-state index in [-0.39, 0.29) is 0 Å². The van der Waals surface area contributed by atoms with Crippen molar-refractivity contribution in [3.05, 3.63) is 35.8 Å². The molecule has 2 aliphatic rings. The van der Waals surface area contributed by atoms with Gasteiger partial charge in [0.2, 0.25) is 0 Å². The molecule has 4 heterocycles. The van der Waals surface area contributed by atoms with Gasteiger partial charge in [0.15, 0.2) is 5.82 Å². The SMILES string of the molecule is CC(C)CN1CCCN(c2nc(-c3ccncc3)nc3c2CNC3)CC1. The fraction of sp³-hybridized carbons (Fsp3) is 0.550. The molecule has 1 fully saturated rings. The molecule has 0 aliphatic carbocycles. The Kier molecular flexibility index (Phi) is 5.13. The fourth-order valence-electron chi connectivity index (χ4n) is 3.92. The molecule has 6 nitrogen and oxygen atoms in total. The van der Waals surface area contributed by atoms with E-state index in [4.69, 9.17) is 9.97 Å². The van der Waals surface area contributed by atoms with Crippen LogP contribution >= 0.6 is 0 Å². The third-order valence-electron chi connectivity index (χ3n) is 5.12. The van der Waals surface area contributed by atoms with Gasteiger partial charge in [-0.2, -0.15) is 0 Å². The lowest BCUT2D eigenvalue weighted by molar-refractivity contribution is 0.261. The molecule has 1 N–H and O–H groups in total. The van der Waals surface area contributed by atoms with Gasteiger partial charge in [0.05, 0.1) is 5.69 Å². The Bertz CT molecular complexity index is 745. The minimum atomic E-state index is 0.715. The Morgan fingerprint density at radius 3 is 2.69 bits per heavy atom. The van der Waals surface area contributed by atoms with E-state index in [0.717, 1.165) is 55.6 Å². The van der Waals surface area contributed by atoms with Gasteiger partial charge in [-0.05, 0) is 31.0 Å². The molecule has 0 unspecified atom stereocenters. The maximum Gasteiger partial charge on any atom is 0.161 e. The predicted octanol–water partition coefficient (Wildman–Crippen LogP) is 2.31. The van der Waals surface area contributed by atoms with Crippen LogP contribution in [0.3, 0.4) is 0 Å². The van der Waals surface area contributed by atoms with Crippen LogP contribution in [0.4, 0.5) is 5.82 Å². The normalized spacial score (nSPS) is 18.2. The predicted molar refractivity (Wildman–Crippen MR) is 104 cm³/mol. The van der Waals surface area contributed by atoms with Gasteiger partial charge in [-0.3, -0.25) is 4.98 Å². The average Bonchev–Trinajstić information content (AvgIpc) is 3.01. The summed E-state index contributed by atoms with van der Waals surface area (Å²) in [4.78, 5) is 19.0. The van der Waals surface area contributed by atoms with Crippen molar-refractivity contribution in [2.75, 3.05) is 37.6 Å². The second kappa shape index (κ2) is 7.68. The lowest BCUT2D eigenvalue weighted by Gasteiger charge is -2.25. The minimum absolute atomic E-state index is 0.715. The molecule has 0 atom stereocenters. The van der Waals surface area contributed by atoms with E-state index in [1.54, 1.807) is 12.4 Å². The number of rotatable bonds is 4. The Morgan fingerprint density at radius 2 is 1.88 bits per heavy atom. The molecule has 1 saturated heterocycles. The van der Waals surface area contributed by atoms with Crippen LogP contribution in [0.5, 0.6) is 0 Å². The molecule has 138 valence electrons. The molecule has 4 rings (SSSR count). The van der Waals surface area contributed by atoms with Crippen LogP contribution in [-0.2, 0) is 13.1 Å². The maximum atomic E-state index is 4.99. The molecule has 0 bridgehead atoms. The van der Waals surface area contributed by atoms with Crippen LogP contribution in [-0.4, -0.2) is 52.6 Å². The third-order valence-corrected chi connectivity index (χ3v) is 5.12. The fourth-order valence-corrected chi connectivity index (χ4v) is 3.92. The maximum absolute atomic E-state index is 4.99. The molecular weight excluding hydrogens is 324 g/mol. The zero-order chi connectivity index (χ0) is 17.9. The number of anilines is 1. The number of nitrogens with zero attached hydrogens (tertiary/aromatic N) is 5. The van der Waals surface area contributed by atoms with Crippen LogP contribution in [0.15, 0.2) is 24.5 Å². The quantitative estimate of drug-likeness (QED) is 0.911. The topological polar surface area (TPSA) is 57.2 Å². The number of nitrogens with one attached hydrogen (secondary N) is 1. The minimum Gasteiger partial charge on any atom is -0.355 e. The highest BCUT2D eigenvalue weighted by Gasteiger charge is 2.25. The summed E-state index contributed by atoms with van der Waals surface area (Å²) in [6.45, 7) is 11.9. The highest BCUT2D eigenvalue weighted by molar-refractivity contribution is 5.61. The summed E-state index contributed by atoms with van der Waals surface area (Å²) in [5, 5.41) is 3.44. The van der Waals surface area contributed by atoms with Crippen LogP contribution in [0.2, 0.25) is 0 Å². The molecular formula is C20H28N6. The van der Waals surface area contributed by atoms with Gasteiger partial charge in [-0.25, -0.2) is 9.97 Å². The lowest BCUT2D eigenvalue weighted by atomic mass is 10.2. The molecule has 6 heteroatoms. The van der Waals surface area contributed by atoms with E-state index in [0.29, 0.717) is 5.92 Å². The molecule has 0 amide bonds. The summed E-state index contributed by atoms with van der Waals surface area (Å²) < 4.78 is 0. The largest absolute Gasteiger partial charge is 0.355 e. The summed E-state index contributed by atoms with van der Waals surface area (Å²) in [6.07, 6.45) is 4.79. The average molecular weight is 352 g/mol. The summed E-state index contributed by atoms with van der Waals surface area (Å²) >= 11 is 0. The van der Waals surface area contributed by atoms with Gasteiger partial charge in [-0.15, -0.1) is 0 Å². The van der Waals surface area contributed by atoms with E-state index in [9.17, 15) is 0 Å². The zero-order valence-electron chi connectivity index (χ0n) is 15.8. The Morgan fingerprint density at radius 1 is 1.04 bits per heavy atom. The second-order valence-corrected chi connectivity index (χ2v) is 7.67. The van der Waals surface area contributed by atoms with Crippen molar-refractivity contribution in [1.82, 2.24) is 25.2 Å². The first-order chi connectivity index (χ1) is 12.7. The zero-order valence-corrected chi connectivity index (χ0v) is 15.8. The molecule has 2 aromatic heterocycles. The Labute approximate surface area is 155 Å². The van der Waals surface area contributed by atoms with Crippen molar-refractivity contribution in [1.29, 1.82) is 0 Å². The molecule has 2 aliphatic heterocycles. The number of hydrogen-bond acceptors (Lipinski definition) is 6. The second-order valence-electron chi connectivity index (χ2n) is 7.67. The molecule has 0 aromatic carbocycles. The van der Waals surface area contributed by atoms with E-state index < -0.39 is 0 Å². The van der Waals surface area contributed by atoms with E-state index in [1.165, 1.54) is 25.1 Å². The van der Waals surface area contributed by atoms with Crippen molar-refractivity contribution < 1.29 is 0 Å².